The molecule has 5 rings (SSSR count). The van der Waals surface area contributed by atoms with Crippen LogP contribution < -0.4 is 0 Å². The van der Waals surface area contributed by atoms with E-state index in [1.807, 2.05) is 26.1 Å². The number of carbonyl (C=O) groups excluding carboxylic acids is 2. The first-order valence-electron chi connectivity index (χ1n) is 16.5. The maximum Gasteiger partial charge on any atom is 0.340 e. The zero-order chi connectivity index (χ0) is 33.3. The quantitative estimate of drug-likeness (QED) is 0.238. The van der Waals surface area contributed by atoms with Crippen LogP contribution in [0.15, 0.2) is 24.8 Å². The van der Waals surface area contributed by atoms with Gasteiger partial charge in [0.05, 0.1) is 30.0 Å². The van der Waals surface area contributed by atoms with Crippen LogP contribution >= 0.6 is 0 Å². The molecular weight excluding hydrogens is 574 g/mol. The molecular formula is C38H47N5O3. The standard InChI is InChI=1S/C38H47N5O3/c1-10-14-15-43(9)35(44)17-27-32-16-21(5)28(39-32)18-29-22(6)25(11-2)33(40-29)19-30-23(7)26(12-3)34(41-30)20-31-24(8)36(37(27)42-31)38(45)46-13-4/h11,18-21,40-41H,2,10,12-17H2,1,3-9H3. The van der Waals surface area contributed by atoms with Crippen molar-refractivity contribution in [2.75, 3.05) is 20.2 Å². The molecule has 1 atom stereocenters. The number of hydrogen-bond donors (Lipinski definition) is 2. The summed E-state index contributed by atoms with van der Waals surface area (Å²) in [5, 5.41) is 0. The van der Waals surface area contributed by atoms with Gasteiger partial charge in [-0.1, -0.05) is 39.8 Å². The number of fused-ring (bicyclic) bond motifs is 8. The highest BCUT2D eigenvalue weighted by Crippen LogP contribution is 2.37. The Hall–Kier alpha value is -4.46. The van der Waals surface area contributed by atoms with Crippen LogP contribution in [0, 0.1) is 13.8 Å². The fourth-order valence-electron chi connectivity index (χ4n) is 6.58. The van der Waals surface area contributed by atoms with Crippen molar-refractivity contribution < 1.29 is 14.3 Å². The predicted molar refractivity (Wildman–Crippen MR) is 187 cm³/mol. The van der Waals surface area contributed by atoms with Gasteiger partial charge >= 0.3 is 5.97 Å². The van der Waals surface area contributed by atoms with Crippen LogP contribution in [0.3, 0.4) is 0 Å². The lowest BCUT2D eigenvalue weighted by Gasteiger charge is -2.18. The number of esters is 1. The number of nitrogens with one attached hydrogen (secondary N) is 2. The Morgan fingerprint density at radius 2 is 1.72 bits per heavy atom. The summed E-state index contributed by atoms with van der Waals surface area (Å²) >= 11 is 0. The van der Waals surface area contributed by atoms with Crippen LogP contribution in [0.25, 0.3) is 39.3 Å². The third-order valence-corrected chi connectivity index (χ3v) is 9.45. The minimum absolute atomic E-state index is 0.0273. The zero-order valence-corrected chi connectivity index (χ0v) is 28.6. The Morgan fingerprint density at radius 1 is 1.00 bits per heavy atom. The Kier molecular flexibility index (Phi) is 9.66. The molecule has 0 aliphatic carbocycles. The number of unbranched alkanes of at least 4 members (excludes halogenated alkanes) is 1. The lowest BCUT2D eigenvalue weighted by molar-refractivity contribution is -0.136. The van der Waals surface area contributed by atoms with Crippen molar-refractivity contribution in [2.24, 2.45) is 0 Å². The highest BCUT2D eigenvalue weighted by molar-refractivity contribution is 6.25. The summed E-state index contributed by atoms with van der Waals surface area (Å²) in [5.74, 6) is -0.366. The molecule has 1 unspecified atom stereocenters. The summed E-state index contributed by atoms with van der Waals surface area (Å²) in [6.45, 7) is 19.3. The molecule has 2 aliphatic heterocycles. The number of aryl methyl sites for hydroxylation is 3. The van der Waals surface area contributed by atoms with E-state index in [0.29, 0.717) is 35.5 Å². The first-order valence-corrected chi connectivity index (χ1v) is 16.5. The third kappa shape index (κ3) is 6.05. The van der Waals surface area contributed by atoms with Gasteiger partial charge in [-0.05, 0) is 87.4 Å². The minimum Gasteiger partial charge on any atom is -0.462 e. The number of aromatic nitrogens is 4. The molecule has 2 N–H and O–H groups in total. The third-order valence-electron chi connectivity index (χ3n) is 9.45. The Morgan fingerprint density at radius 3 is 2.39 bits per heavy atom. The van der Waals surface area contributed by atoms with Crippen molar-refractivity contribution in [1.82, 2.24) is 24.8 Å². The number of carbonyl (C=O) groups is 2. The predicted octanol–water partition coefficient (Wildman–Crippen LogP) is 7.78. The normalized spacial score (nSPS) is 14.5. The molecule has 8 bridgehead atoms. The van der Waals surface area contributed by atoms with Crippen LogP contribution in [0.5, 0.6) is 0 Å². The molecule has 0 saturated carbocycles. The molecule has 0 spiro atoms. The van der Waals surface area contributed by atoms with Gasteiger partial charge < -0.3 is 19.6 Å². The van der Waals surface area contributed by atoms with Gasteiger partial charge in [0.15, 0.2) is 0 Å². The minimum atomic E-state index is -0.439. The number of ether oxygens (including phenoxy) is 1. The molecule has 242 valence electrons. The molecule has 0 saturated heterocycles. The average molecular weight is 622 g/mol. The van der Waals surface area contributed by atoms with Gasteiger partial charge in [0.1, 0.15) is 0 Å². The second-order valence-corrected chi connectivity index (χ2v) is 12.5. The number of rotatable bonds is 9. The van der Waals surface area contributed by atoms with Crippen molar-refractivity contribution in [1.29, 1.82) is 0 Å². The lowest BCUT2D eigenvalue weighted by atomic mass is 9.96. The van der Waals surface area contributed by atoms with Crippen molar-refractivity contribution >= 4 is 51.2 Å². The number of hydrogen-bond acceptors (Lipinski definition) is 5. The van der Waals surface area contributed by atoms with Gasteiger partial charge in [-0.3, -0.25) is 9.78 Å². The molecule has 3 aromatic heterocycles. The number of amides is 1. The van der Waals surface area contributed by atoms with Crippen molar-refractivity contribution in [3.05, 3.63) is 75.4 Å². The molecule has 5 heterocycles. The summed E-state index contributed by atoms with van der Waals surface area (Å²) in [6.07, 6.45) is 5.35. The van der Waals surface area contributed by atoms with Crippen molar-refractivity contribution in [3.63, 3.8) is 0 Å². The molecule has 0 radical (unpaired) electrons. The molecule has 3 aromatic rings. The maximum absolute atomic E-state index is 13.7. The molecule has 46 heavy (non-hydrogen) atoms. The number of H-pyrrole nitrogens is 2. The van der Waals surface area contributed by atoms with E-state index in [4.69, 9.17) is 14.7 Å². The van der Waals surface area contributed by atoms with E-state index < -0.39 is 5.97 Å². The van der Waals surface area contributed by atoms with Gasteiger partial charge in [-0.2, -0.15) is 0 Å². The van der Waals surface area contributed by atoms with Gasteiger partial charge in [0.25, 0.3) is 0 Å². The maximum atomic E-state index is 13.7. The van der Waals surface area contributed by atoms with Gasteiger partial charge in [0.2, 0.25) is 5.91 Å². The van der Waals surface area contributed by atoms with E-state index in [0.717, 1.165) is 75.0 Å². The van der Waals surface area contributed by atoms with E-state index in [1.165, 1.54) is 5.56 Å². The van der Waals surface area contributed by atoms with E-state index >= 15 is 0 Å². The summed E-state index contributed by atoms with van der Waals surface area (Å²) in [7, 11) is 1.84. The van der Waals surface area contributed by atoms with E-state index in [2.05, 4.69) is 63.3 Å². The fraction of sp³-hybridized carbons (Fsp3) is 0.421. The van der Waals surface area contributed by atoms with Crippen LogP contribution in [0.1, 0.15) is 104 Å². The second kappa shape index (κ2) is 13.5. The number of aromatic amines is 2. The molecule has 2 aliphatic rings. The largest absolute Gasteiger partial charge is 0.462 e. The summed E-state index contributed by atoms with van der Waals surface area (Å²) < 4.78 is 5.58. The highest BCUT2D eigenvalue weighted by atomic mass is 16.5. The number of allylic oxidation sites excluding steroid dienone is 1. The lowest BCUT2D eigenvalue weighted by Crippen LogP contribution is -2.29. The van der Waals surface area contributed by atoms with Crippen molar-refractivity contribution in [2.45, 2.75) is 86.5 Å². The van der Waals surface area contributed by atoms with Gasteiger partial charge in [-0.15, -0.1) is 0 Å². The zero-order valence-electron chi connectivity index (χ0n) is 28.6. The van der Waals surface area contributed by atoms with E-state index in [-0.39, 0.29) is 24.9 Å². The molecule has 1 amide bonds. The van der Waals surface area contributed by atoms with Crippen LogP contribution in [0.2, 0.25) is 0 Å². The van der Waals surface area contributed by atoms with Gasteiger partial charge in [0, 0.05) is 64.1 Å². The number of nitrogens with zero attached hydrogens (tertiary/aromatic N) is 3. The van der Waals surface area contributed by atoms with Crippen LogP contribution in [0.4, 0.5) is 0 Å². The second-order valence-electron chi connectivity index (χ2n) is 12.5. The van der Waals surface area contributed by atoms with Crippen LogP contribution in [-0.4, -0.2) is 56.9 Å². The first-order chi connectivity index (χ1) is 22.0. The molecule has 8 heteroatoms. The monoisotopic (exact) mass is 621 g/mol. The van der Waals surface area contributed by atoms with E-state index in [9.17, 15) is 9.59 Å². The molecule has 0 fully saturated rings. The van der Waals surface area contributed by atoms with E-state index in [1.54, 1.807) is 11.8 Å². The average Bonchev–Trinajstić information content (AvgIpc) is 3.73. The highest BCUT2D eigenvalue weighted by Gasteiger charge is 2.31. The fourth-order valence-corrected chi connectivity index (χ4v) is 6.58. The summed E-state index contributed by atoms with van der Waals surface area (Å²) in [4.78, 5) is 46.6. The Labute approximate surface area is 272 Å². The van der Waals surface area contributed by atoms with Gasteiger partial charge in [-0.25, -0.2) is 9.78 Å². The Balaban J connectivity index is 1.94. The summed E-state index contributed by atoms with van der Waals surface area (Å²) in [6, 6.07) is 6.27. The SMILES string of the molecule is C=Cc1c(C)c2cc3nc(c(CC(=O)N(C)CCCC)c4nc(cc5[nH]c(cc1[nH]2)c(C)c5CC)C(C)=C4C(=O)OCC)CC3C. The summed E-state index contributed by atoms with van der Waals surface area (Å²) in [5.41, 5.74) is 13.0. The van der Waals surface area contributed by atoms with Crippen molar-refractivity contribution in [3.8, 4) is 0 Å². The molecule has 8 nitrogen and oxygen atoms in total. The molecule has 0 aromatic carbocycles. The Bertz CT molecular complexity index is 1910. The first kappa shape index (κ1) is 32.9. The topological polar surface area (TPSA) is 104 Å². The smallest absolute Gasteiger partial charge is 0.340 e. The van der Waals surface area contributed by atoms with Crippen LogP contribution in [-0.2, 0) is 33.6 Å². The number of likely N-dealkylation sites (N-methyl/N-ethyl adjacent to an activating group) is 1.